The first-order chi connectivity index (χ1) is 7.84. The molecule has 0 radical (unpaired) electrons. The monoisotopic (exact) mass is 211 g/mol. The number of phenolic OH excluding ortho intramolecular Hbond substituents is 1. The van der Waals surface area contributed by atoms with Crippen molar-refractivity contribution in [1.82, 2.24) is 14.4 Å². The van der Waals surface area contributed by atoms with Crippen LogP contribution in [0.25, 0.3) is 17.0 Å². The first-order valence-electron chi connectivity index (χ1n) is 4.92. The Morgan fingerprint density at radius 2 is 1.69 bits per heavy atom. The SMILES string of the molecule is Oc1ccc(-c2ccnc3nccn23)cc1. The van der Waals surface area contributed by atoms with E-state index in [1.54, 1.807) is 24.5 Å². The summed E-state index contributed by atoms with van der Waals surface area (Å²) in [7, 11) is 0. The summed E-state index contributed by atoms with van der Waals surface area (Å²) in [6.45, 7) is 0. The Hall–Kier alpha value is -2.36. The van der Waals surface area contributed by atoms with Gasteiger partial charge in [0.1, 0.15) is 5.75 Å². The summed E-state index contributed by atoms with van der Waals surface area (Å²) in [6.07, 6.45) is 5.31. The molecular weight excluding hydrogens is 202 g/mol. The van der Waals surface area contributed by atoms with Crippen molar-refractivity contribution in [3.63, 3.8) is 0 Å². The highest BCUT2D eigenvalue weighted by atomic mass is 16.3. The molecule has 0 atom stereocenters. The highest BCUT2D eigenvalue weighted by Crippen LogP contribution is 2.21. The molecule has 0 bridgehead atoms. The Balaban J connectivity index is 2.25. The second kappa shape index (κ2) is 3.34. The fraction of sp³-hybridized carbons (Fsp3) is 0. The molecule has 3 rings (SSSR count). The number of aromatic hydroxyl groups is 1. The molecule has 0 unspecified atom stereocenters. The molecule has 0 aliphatic heterocycles. The highest BCUT2D eigenvalue weighted by molar-refractivity contribution is 5.62. The van der Waals surface area contributed by atoms with Crippen molar-refractivity contribution in [2.75, 3.05) is 0 Å². The summed E-state index contributed by atoms with van der Waals surface area (Å²) in [5.74, 6) is 0.935. The van der Waals surface area contributed by atoms with E-state index in [-0.39, 0.29) is 5.75 Å². The molecular formula is C12H9N3O. The van der Waals surface area contributed by atoms with Gasteiger partial charge >= 0.3 is 0 Å². The maximum Gasteiger partial charge on any atom is 0.234 e. The van der Waals surface area contributed by atoms with Crippen LogP contribution in [0.1, 0.15) is 0 Å². The van der Waals surface area contributed by atoms with Crippen molar-refractivity contribution in [1.29, 1.82) is 0 Å². The standard InChI is InChI=1S/C12H9N3O/c16-10-3-1-9(2-4-10)11-5-6-13-12-14-7-8-15(11)12/h1-8,16H. The van der Waals surface area contributed by atoms with Crippen LogP contribution >= 0.6 is 0 Å². The van der Waals surface area contributed by atoms with Gasteiger partial charge in [0.2, 0.25) is 5.78 Å². The lowest BCUT2D eigenvalue weighted by atomic mass is 10.1. The zero-order chi connectivity index (χ0) is 11.0. The van der Waals surface area contributed by atoms with E-state index in [2.05, 4.69) is 9.97 Å². The van der Waals surface area contributed by atoms with Crippen LogP contribution in [0, 0.1) is 0 Å². The van der Waals surface area contributed by atoms with Crippen molar-refractivity contribution in [2.45, 2.75) is 0 Å². The molecule has 16 heavy (non-hydrogen) atoms. The Labute approximate surface area is 91.8 Å². The van der Waals surface area contributed by atoms with Crippen LogP contribution in [-0.2, 0) is 0 Å². The predicted octanol–water partition coefficient (Wildman–Crippen LogP) is 2.10. The zero-order valence-electron chi connectivity index (χ0n) is 8.41. The fourth-order valence-corrected chi connectivity index (χ4v) is 1.70. The van der Waals surface area contributed by atoms with Crippen molar-refractivity contribution in [3.8, 4) is 17.0 Å². The van der Waals surface area contributed by atoms with Gasteiger partial charge in [-0.25, -0.2) is 9.97 Å². The molecule has 3 aromatic rings. The zero-order valence-corrected chi connectivity index (χ0v) is 8.41. The number of imidazole rings is 1. The smallest absolute Gasteiger partial charge is 0.234 e. The van der Waals surface area contributed by atoms with Crippen LogP contribution in [0.15, 0.2) is 48.9 Å². The third kappa shape index (κ3) is 1.32. The minimum atomic E-state index is 0.264. The van der Waals surface area contributed by atoms with E-state index in [0.29, 0.717) is 5.78 Å². The number of aromatic nitrogens is 3. The highest BCUT2D eigenvalue weighted by Gasteiger charge is 2.03. The number of nitrogens with zero attached hydrogens (tertiary/aromatic N) is 3. The molecule has 0 saturated heterocycles. The van der Waals surface area contributed by atoms with Gasteiger partial charge in [-0.2, -0.15) is 0 Å². The molecule has 78 valence electrons. The third-order valence-corrected chi connectivity index (χ3v) is 2.47. The number of phenols is 1. The van der Waals surface area contributed by atoms with E-state index in [9.17, 15) is 5.11 Å². The first kappa shape index (κ1) is 8.91. The number of hydrogen-bond donors (Lipinski definition) is 1. The number of rotatable bonds is 1. The summed E-state index contributed by atoms with van der Waals surface area (Å²) in [5.41, 5.74) is 2.02. The van der Waals surface area contributed by atoms with Crippen molar-refractivity contribution in [2.24, 2.45) is 0 Å². The molecule has 2 aromatic heterocycles. The van der Waals surface area contributed by atoms with Crippen LogP contribution < -0.4 is 0 Å². The van der Waals surface area contributed by atoms with Gasteiger partial charge in [0.15, 0.2) is 0 Å². The van der Waals surface area contributed by atoms with Gasteiger partial charge in [-0.05, 0) is 35.9 Å². The molecule has 1 aromatic carbocycles. The minimum Gasteiger partial charge on any atom is -0.508 e. The van der Waals surface area contributed by atoms with Gasteiger partial charge in [-0.3, -0.25) is 4.40 Å². The maximum absolute atomic E-state index is 9.25. The molecule has 0 aliphatic rings. The quantitative estimate of drug-likeness (QED) is 0.670. The average Bonchev–Trinajstić information content (AvgIpc) is 2.78. The predicted molar refractivity (Wildman–Crippen MR) is 60.1 cm³/mol. The minimum absolute atomic E-state index is 0.264. The van der Waals surface area contributed by atoms with Gasteiger partial charge in [0, 0.05) is 18.6 Å². The Bertz CT molecular complexity index is 628. The molecule has 0 spiro atoms. The lowest BCUT2D eigenvalue weighted by molar-refractivity contribution is 0.475. The Morgan fingerprint density at radius 3 is 2.50 bits per heavy atom. The Morgan fingerprint density at radius 1 is 0.938 bits per heavy atom. The molecule has 0 amide bonds. The summed E-state index contributed by atoms with van der Waals surface area (Å²) < 4.78 is 1.91. The summed E-state index contributed by atoms with van der Waals surface area (Å²) in [5, 5.41) is 9.25. The van der Waals surface area contributed by atoms with E-state index in [1.807, 2.05) is 28.8 Å². The van der Waals surface area contributed by atoms with E-state index in [4.69, 9.17) is 0 Å². The molecule has 0 fully saturated rings. The van der Waals surface area contributed by atoms with Crippen LogP contribution in [0.5, 0.6) is 5.75 Å². The summed E-state index contributed by atoms with van der Waals surface area (Å²) >= 11 is 0. The van der Waals surface area contributed by atoms with Crippen LogP contribution in [-0.4, -0.2) is 19.5 Å². The van der Waals surface area contributed by atoms with Crippen LogP contribution in [0.4, 0.5) is 0 Å². The van der Waals surface area contributed by atoms with Gasteiger partial charge < -0.3 is 5.11 Å². The van der Waals surface area contributed by atoms with Gasteiger partial charge in [0.25, 0.3) is 0 Å². The maximum atomic E-state index is 9.25. The average molecular weight is 211 g/mol. The number of fused-ring (bicyclic) bond motifs is 1. The molecule has 4 heteroatoms. The van der Waals surface area contributed by atoms with E-state index in [1.165, 1.54) is 0 Å². The summed E-state index contributed by atoms with van der Waals surface area (Å²) in [6, 6.07) is 8.98. The van der Waals surface area contributed by atoms with Crippen LogP contribution in [0.2, 0.25) is 0 Å². The fourth-order valence-electron chi connectivity index (χ4n) is 1.70. The summed E-state index contributed by atoms with van der Waals surface area (Å²) in [4.78, 5) is 8.27. The molecule has 4 nitrogen and oxygen atoms in total. The largest absolute Gasteiger partial charge is 0.508 e. The number of benzene rings is 1. The lowest BCUT2D eigenvalue weighted by Gasteiger charge is -2.04. The van der Waals surface area contributed by atoms with E-state index >= 15 is 0 Å². The van der Waals surface area contributed by atoms with Crippen LogP contribution in [0.3, 0.4) is 0 Å². The first-order valence-corrected chi connectivity index (χ1v) is 4.92. The van der Waals surface area contributed by atoms with E-state index < -0.39 is 0 Å². The molecule has 1 N–H and O–H groups in total. The van der Waals surface area contributed by atoms with Crippen molar-refractivity contribution in [3.05, 3.63) is 48.9 Å². The molecule has 0 saturated carbocycles. The topological polar surface area (TPSA) is 50.4 Å². The molecule has 2 heterocycles. The second-order valence-corrected chi connectivity index (χ2v) is 3.47. The second-order valence-electron chi connectivity index (χ2n) is 3.47. The van der Waals surface area contributed by atoms with Gasteiger partial charge in [0.05, 0.1) is 5.69 Å². The molecule has 0 aliphatic carbocycles. The van der Waals surface area contributed by atoms with Gasteiger partial charge in [-0.1, -0.05) is 0 Å². The number of hydrogen-bond acceptors (Lipinski definition) is 3. The lowest BCUT2D eigenvalue weighted by Crippen LogP contribution is -1.92. The van der Waals surface area contributed by atoms with Crippen molar-refractivity contribution >= 4 is 5.78 Å². The van der Waals surface area contributed by atoms with Gasteiger partial charge in [-0.15, -0.1) is 0 Å². The third-order valence-electron chi connectivity index (χ3n) is 2.47. The van der Waals surface area contributed by atoms with Crippen molar-refractivity contribution < 1.29 is 5.11 Å². The Kier molecular flexibility index (Phi) is 1.86. The van der Waals surface area contributed by atoms with E-state index in [0.717, 1.165) is 11.3 Å². The normalized spacial score (nSPS) is 10.8.